The fourth-order valence-electron chi connectivity index (χ4n) is 0.334. The molecule has 0 fully saturated rings. The highest BCUT2D eigenvalue weighted by atomic mass is 79.9. The third-order valence-electron chi connectivity index (χ3n) is 0.631. The number of oxazole rings is 1. The topological polar surface area (TPSA) is 26.0 Å². The van der Waals surface area contributed by atoms with Gasteiger partial charge in [0.05, 0.1) is 6.20 Å². The van der Waals surface area contributed by atoms with Crippen LogP contribution in [0.25, 0.3) is 0 Å². The Morgan fingerprint density at radius 3 is 2.88 bits per heavy atom. The predicted octanol–water partition coefficient (Wildman–Crippen LogP) is 2.16. The molecular formula is C4H4BrNOS. The molecule has 0 N–H and O–H groups in total. The predicted molar refractivity (Wildman–Crippen MR) is 36.0 cm³/mol. The first-order valence-electron chi connectivity index (χ1n) is 1.98. The maximum atomic E-state index is 5.00. The van der Waals surface area contributed by atoms with E-state index in [9.17, 15) is 0 Å². The Labute approximate surface area is 59.8 Å². The Morgan fingerprint density at radius 2 is 2.62 bits per heavy atom. The van der Waals surface area contributed by atoms with Crippen LogP contribution in [0.2, 0.25) is 0 Å². The van der Waals surface area contributed by atoms with Gasteiger partial charge in [-0.05, 0) is 22.2 Å². The van der Waals surface area contributed by atoms with Crippen molar-refractivity contribution in [3.8, 4) is 0 Å². The zero-order valence-corrected chi connectivity index (χ0v) is 6.62. The zero-order chi connectivity index (χ0) is 5.98. The molecule has 0 spiro atoms. The van der Waals surface area contributed by atoms with Gasteiger partial charge in [-0.1, -0.05) is 11.8 Å². The number of aromatic nitrogens is 1. The Morgan fingerprint density at radius 1 is 1.88 bits per heavy atom. The van der Waals surface area contributed by atoms with Crippen LogP contribution in [0.1, 0.15) is 0 Å². The van der Waals surface area contributed by atoms with Gasteiger partial charge in [0.2, 0.25) is 0 Å². The average Bonchev–Trinajstić information content (AvgIpc) is 2.14. The smallest absolute Gasteiger partial charge is 0.256 e. The minimum Gasteiger partial charge on any atom is -0.424 e. The summed E-state index contributed by atoms with van der Waals surface area (Å²) >= 11 is 4.61. The van der Waals surface area contributed by atoms with Gasteiger partial charge in [0.25, 0.3) is 5.22 Å². The van der Waals surface area contributed by atoms with Crippen molar-refractivity contribution in [2.45, 2.75) is 5.22 Å². The van der Waals surface area contributed by atoms with Crippen molar-refractivity contribution in [3.05, 3.63) is 10.9 Å². The molecule has 8 heavy (non-hydrogen) atoms. The molecule has 1 rings (SSSR count). The van der Waals surface area contributed by atoms with Gasteiger partial charge in [-0.3, -0.25) is 0 Å². The lowest BCUT2D eigenvalue weighted by Crippen LogP contribution is -1.60. The minimum absolute atomic E-state index is 0.682. The Hall–Kier alpha value is 0.0400. The summed E-state index contributed by atoms with van der Waals surface area (Å²) in [6, 6.07) is 0. The number of rotatable bonds is 1. The molecular weight excluding hydrogens is 190 g/mol. The van der Waals surface area contributed by atoms with Crippen molar-refractivity contribution in [1.82, 2.24) is 4.98 Å². The van der Waals surface area contributed by atoms with Crippen molar-refractivity contribution in [2.75, 3.05) is 6.26 Å². The number of halogens is 1. The standard InChI is InChI=1S/C4H4BrNOS/c1-8-4-6-2-3(5)7-4/h2H,1H3. The Bertz CT molecular complexity index is 176. The molecule has 0 atom stereocenters. The molecule has 0 unspecified atom stereocenters. The number of nitrogens with zero attached hydrogens (tertiary/aromatic N) is 1. The van der Waals surface area contributed by atoms with Gasteiger partial charge >= 0.3 is 0 Å². The summed E-state index contributed by atoms with van der Waals surface area (Å²) in [7, 11) is 0. The van der Waals surface area contributed by atoms with Gasteiger partial charge in [0.15, 0.2) is 4.67 Å². The van der Waals surface area contributed by atoms with Crippen LogP contribution >= 0.6 is 27.7 Å². The molecule has 0 aliphatic rings. The molecule has 2 nitrogen and oxygen atoms in total. The van der Waals surface area contributed by atoms with Crippen molar-refractivity contribution in [2.24, 2.45) is 0 Å². The number of hydrogen-bond acceptors (Lipinski definition) is 3. The lowest BCUT2D eigenvalue weighted by molar-refractivity contribution is 0.435. The van der Waals surface area contributed by atoms with Gasteiger partial charge in [-0.25, -0.2) is 4.98 Å². The van der Waals surface area contributed by atoms with E-state index >= 15 is 0 Å². The van der Waals surface area contributed by atoms with Crippen LogP contribution in [0, 0.1) is 0 Å². The van der Waals surface area contributed by atoms with Crippen LogP contribution in [-0.2, 0) is 0 Å². The fourth-order valence-corrected chi connectivity index (χ4v) is 1.03. The molecule has 0 aromatic carbocycles. The van der Waals surface area contributed by atoms with E-state index in [4.69, 9.17) is 4.42 Å². The summed E-state index contributed by atoms with van der Waals surface area (Å²) < 4.78 is 5.68. The van der Waals surface area contributed by atoms with Crippen LogP contribution in [0.3, 0.4) is 0 Å². The second kappa shape index (κ2) is 2.55. The van der Waals surface area contributed by atoms with E-state index in [0.29, 0.717) is 9.89 Å². The van der Waals surface area contributed by atoms with E-state index in [0.717, 1.165) is 0 Å². The van der Waals surface area contributed by atoms with E-state index in [1.54, 1.807) is 6.20 Å². The van der Waals surface area contributed by atoms with Crippen LogP contribution < -0.4 is 0 Å². The normalized spacial score (nSPS) is 9.75. The van der Waals surface area contributed by atoms with Crippen molar-refractivity contribution < 1.29 is 4.42 Å². The fraction of sp³-hybridized carbons (Fsp3) is 0.250. The summed E-state index contributed by atoms with van der Waals surface area (Å²) in [5, 5.41) is 0.692. The van der Waals surface area contributed by atoms with Crippen LogP contribution in [0.4, 0.5) is 0 Å². The monoisotopic (exact) mass is 193 g/mol. The van der Waals surface area contributed by atoms with Crippen molar-refractivity contribution in [1.29, 1.82) is 0 Å². The van der Waals surface area contributed by atoms with Gasteiger partial charge in [-0.2, -0.15) is 0 Å². The first-order chi connectivity index (χ1) is 3.83. The summed E-state index contributed by atoms with van der Waals surface area (Å²) in [5.74, 6) is 0. The lowest BCUT2D eigenvalue weighted by Gasteiger charge is -1.78. The minimum atomic E-state index is 0.682. The molecule has 0 amide bonds. The quantitative estimate of drug-likeness (QED) is 0.640. The first kappa shape index (κ1) is 6.16. The van der Waals surface area contributed by atoms with Crippen molar-refractivity contribution >= 4 is 27.7 Å². The third kappa shape index (κ3) is 1.26. The highest BCUT2D eigenvalue weighted by Gasteiger charge is 1.95. The molecule has 1 aromatic rings. The number of hydrogen-bond donors (Lipinski definition) is 0. The summed E-state index contributed by atoms with van der Waals surface area (Å²) in [6.45, 7) is 0. The summed E-state index contributed by atoms with van der Waals surface area (Å²) in [6.07, 6.45) is 3.55. The van der Waals surface area contributed by atoms with Gasteiger partial charge in [-0.15, -0.1) is 0 Å². The highest BCUT2D eigenvalue weighted by molar-refractivity contribution is 9.10. The van der Waals surface area contributed by atoms with Crippen LogP contribution in [-0.4, -0.2) is 11.2 Å². The van der Waals surface area contributed by atoms with E-state index in [-0.39, 0.29) is 0 Å². The molecule has 1 aromatic heterocycles. The molecule has 1 heterocycles. The average molecular weight is 194 g/mol. The van der Waals surface area contributed by atoms with Gasteiger partial charge in [0.1, 0.15) is 0 Å². The molecule has 0 bridgehead atoms. The molecule has 0 saturated heterocycles. The number of thioether (sulfide) groups is 1. The third-order valence-corrected chi connectivity index (χ3v) is 1.54. The van der Waals surface area contributed by atoms with E-state index in [1.807, 2.05) is 6.26 Å². The molecule has 0 radical (unpaired) electrons. The molecule has 0 aliphatic carbocycles. The van der Waals surface area contributed by atoms with Crippen LogP contribution in [0.15, 0.2) is 20.5 Å². The highest BCUT2D eigenvalue weighted by Crippen LogP contribution is 2.17. The lowest BCUT2D eigenvalue weighted by atomic mass is 11.0. The van der Waals surface area contributed by atoms with E-state index in [2.05, 4.69) is 20.9 Å². The SMILES string of the molecule is CSc1ncc(Br)o1. The van der Waals surface area contributed by atoms with Crippen molar-refractivity contribution in [3.63, 3.8) is 0 Å². The molecule has 4 heteroatoms. The molecule has 44 valence electrons. The summed E-state index contributed by atoms with van der Waals surface area (Å²) in [4.78, 5) is 3.88. The molecule has 0 aliphatic heterocycles. The Kier molecular flexibility index (Phi) is 1.96. The second-order valence-corrected chi connectivity index (χ2v) is 2.67. The zero-order valence-electron chi connectivity index (χ0n) is 4.22. The van der Waals surface area contributed by atoms with Gasteiger partial charge < -0.3 is 4.42 Å². The first-order valence-corrected chi connectivity index (χ1v) is 4.00. The largest absolute Gasteiger partial charge is 0.424 e. The second-order valence-electron chi connectivity index (χ2n) is 1.13. The maximum Gasteiger partial charge on any atom is 0.256 e. The molecule has 0 saturated carbocycles. The van der Waals surface area contributed by atoms with Crippen LogP contribution in [0.5, 0.6) is 0 Å². The van der Waals surface area contributed by atoms with E-state index in [1.165, 1.54) is 11.8 Å². The maximum absolute atomic E-state index is 5.00. The Balaban J connectivity index is 2.84. The summed E-state index contributed by atoms with van der Waals surface area (Å²) in [5.41, 5.74) is 0. The van der Waals surface area contributed by atoms with Gasteiger partial charge in [0, 0.05) is 0 Å². The van der Waals surface area contributed by atoms with E-state index < -0.39 is 0 Å².